The molecule has 5 nitrogen and oxygen atoms in total. The molecule has 0 aromatic heterocycles. The van der Waals surface area contributed by atoms with Gasteiger partial charge in [0.05, 0.1) is 5.75 Å². The Balaban J connectivity index is 2.61. The quantitative estimate of drug-likeness (QED) is 0.840. The second-order valence-corrected chi connectivity index (χ2v) is 8.58. The van der Waals surface area contributed by atoms with Crippen LogP contribution in [0.15, 0.2) is 0 Å². The summed E-state index contributed by atoms with van der Waals surface area (Å²) in [5, 5.41) is 8.69. The van der Waals surface area contributed by atoms with Crippen molar-refractivity contribution in [2.45, 2.75) is 46.5 Å². The van der Waals surface area contributed by atoms with E-state index in [1.807, 2.05) is 20.8 Å². The van der Waals surface area contributed by atoms with Gasteiger partial charge in [-0.2, -0.15) is 0 Å². The topological polar surface area (TPSA) is 74.7 Å². The number of nitrogens with zero attached hydrogens (tertiary/aromatic N) is 1. The Morgan fingerprint density at radius 3 is 2.53 bits per heavy atom. The molecule has 0 radical (unpaired) electrons. The molecule has 1 unspecified atom stereocenters. The highest BCUT2D eigenvalue weighted by atomic mass is 32.2. The van der Waals surface area contributed by atoms with E-state index in [9.17, 15) is 13.2 Å². The van der Waals surface area contributed by atoms with Gasteiger partial charge in [-0.1, -0.05) is 20.8 Å². The van der Waals surface area contributed by atoms with Gasteiger partial charge in [-0.05, 0) is 30.6 Å². The summed E-state index contributed by atoms with van der Waals surface area (Å²) in [6.45, 7) is 6.79. The average Bonchev–Trinajstić information content (AvgIpc) is 2.23. The molecule has 1 atom stereocenters. The first-order valence-electron chi connectivity index (χ1n) is 6.80. The van der Waals surface area contributed by atoms with E-state index in [-0.39, 0.29) is 23.5 Å². The van der Waals surface area contributed by atoms with E-state index < -0.39 is 16.0 Å². The van der Waals surface area contributed by atoms with Crippen LogP contribution in [0.1, 0.15) is 46.5 Å². The highest BCUT2D eigenvalue weighted by molar-refractivity contribution is 7.89. The lowest BCUT2D eigenvalue weighted by Gasteiger charge is -2.33. The molecule has 0 amide bonds. The van der Waals surface area contributed by atoms with E-state index >= 15 is 0 Å². The molecule has 0 spiro atoms. The Hall–Kier alpha value is -0.620. The minimum atomic E-state index is -3.23. The Morgan fingerprint density at radius 1 is 1.37 bits per heavy atom. The van der Waals surface area contributed by atoms with Gasteiger partial charge < -0.3 is 5.11 Å². The van der Waals surface area contributed by atoms with Crippen LogP contribution in [0.2, 0.25) is 0 Å². The van der Waals surface area contributed by atoms with Crippen molar-refractivity contribution < 1.29 is 18.3 Å². The summed E-state index contributed by atoms with van der Waals surface area (Å²) in [5.41, 5.74) is -0.257. The fourth-order valence-electron chi connectivity index (χ4n) is 2.48. The third-order valence-corrected chi connectivity index (χ3v) is 5.61. The number of hydrogen-bond acceptors (Lipinski definition) is 3. The normalized spacial score (nSPS) is 22.4. The number of sulfonamides is 1. The van der Waals surface area contributed by atoms with Crippen molar-refractivity contribution in [1.29, 1.82) is 0 Å². The van der Waals surface area contributed by atoms with Gasteiger partial charge in [0.25, 0.3) is 0 Å². The lowest BCUT2D eigenvalue weighted by atomic mass is 9.95. The van der Waals surface area contributed by atoms with Gasteiger partial charge in [0.15, 0.2) is 0 Å². The number of piperidine rings is 1. The predicted molar refractivity (Wildman–Crippen MR) is 74.4 cm³/mol. The molecule has 0 bridgehead atoms. The maximum Gasteiger partial charge on any atom is 0.303 e. The van der Waals surface area contributed by atoms with Gasteiger partial charge in [0.2, 0.25) is 10.0 Å². The zero-order valence-corrected chi connectivity index (χ0v) is 12.9. The molecule has 112 valence electrons. The number of hydrogen-bond donors (Lipinski definition) is 1. The van der Waals surface area contributed by atoms with Gasteiger partial charge in [-0.25, -0.2) is 12.7 Å². The largest absolute Gasteiger partial charge is 0.481 e. The van der Waals surface area contributed by atoms with Crippen molar-refractivity contribution in [2.24, 2.45) is 11.3 Å². The zero-order valence-electron chi connectivity index (χ0n) is 12.1. The Kier molecular flexibility index (Phi) is 5.38. The lowest BCUT2D eigenvalue weighted by molar-refractivity contribution is -0.137. The maximum absolute atomic E-state index is 12.3. The van der Waals surface area contributed by atoms with Crippen LogP contribution in [0, 0.1) is 11.3 Å². The molecule has 19 heavy (non-hydrogen) atoms. The summed E-state index contributed by atoms with van der Waals surface area (Å²) in [4.78, 5) is 10.6. The summed E-state index contributed by atoms with van der Waals surface area (Å²) in [5.74, 6) is -0.486. The van der Waals surface area contributed by atoms with Crippen molar-refractivity contribution in [3.05, 3.63) is 0 Å². The summed E-state index contributed by atoms with van der Waals surface area (Å²) in [7, 11) is -3.23. The minimum Gasteiger partial charge on any atom is -0.481 e. The van der Waals surface area contributed by atoms with E-state index in [0.29, 0.717) is 19.5 Å². The molecule has 1 fully saturated rings. The molecule has 1 aliphatic heterocycles. The fourth-order valence-corrected chi connectivity index (χ4v) is 4.60. The first-order chi connectivity index (χ1) is 8.60. The molecule has 1 heterocycles. The van der Waals surface area contributed by atoms with E-state index in [1.54, 1.807) is 4.31 Å². The molecule has 0 saturated carbocycles. The molecule has 0 aliphatic carbocycles. The lowest BCUT2D eigenvalue weighted by Crippen LogP contribution is -2.43. The minimum absolute atomic E-state index is 0.123. The molecule has 0 aromatic rings. The average molecular weight is 291 g/mol. The second kappa shape index (κ2) is 6.22. The first-order valence-corrected chi connectivity index (χ1v) is 8.41. The molecular formula is C13H25NO4S. The maximum atomic E-state index is 12.3. The molecule has 1 aliphatic rings. The summed E-state index contributed by atoms with van der Waals surface area (Å²) in [6.07, 6.45) is 2.44. The van der Waals surface area contributed by atoms with Crippen LogP contribution in [-0.4, -0.2) is 42.6 Å². The summed E-state index contributed by atoms with van der Waals surface area (Å²) >= 11 is 0. The van der Waals surface area contributed by atoms with Crippen molar-refractivity contribution >= 4 is 16.0 Å². The Morgan fingerprint density at radius 2 is 2.00 bits per heavy atom. The number of aliphatic carboxylic acids is 1. The third-order valence-electron chi connectivity index (χ3n) is 3.26. The van der Waals surface area contributed by atoms with Gasteiger partial charge in [-0.3, -0.25) is 4.79 Å². The fraction of sp³-hybridized carbons (Fsp3) is 0.923. The van der Waals surface area contributed by atoms with Crippen LogP contribution in [-0.2, 0) is 14.8 Å². The van der Waals surface area contributed by atoms with Gasteiger partial charge in [-0.15, -0.1) is 0 Å². The number of carbonyl (C=O) groups is 1. The van der Waals surface area contributed by atoms with Crippen LogP contribution >= 0.6 is 0 Å². The van der Waals surface area contributed by atoms with E-state index in [1.165, 1.54) is 0 Å². The van der Waals surface area contributed by atoms with Crippen LogP contribution in [0.3, 0.4) is 0 Å². The van der Waals surface area contributed by atoms with Crippen molar-refractivity contribution in [3.8, 4) is 0 Å². The summed E-state index contributed by atoms with van der Waals surface area (Å²) < 4.78 is 26.1. The third kappa shape index (κ3) is 5.91. The number of rotatable bonds is 5. The number of carboxylic acids is 1. The smallest absolute Gasteiger partial charge is 0.303 e. The molecule has 6 heteroatoms. The van der Waals surface area contributed by atoms with Crippen LogP contribution in [0.25, 0.3) is 0 Å². The van der Waals surface area contributed by atoms with Crippen molar-refractivity contribution in [3.63, 3.8) is 0 Å². The molecule has 1 saturated heterocycles. The molecule has 0 aromatic carbocycles. The second-order valence-electron chi connectivity index (χ2n) is 6.62. The van der Waals surface area contributed by atoms with Gasteiger partial charge >= 0.3 is 5.97 Å². The van der Waals surface area contributed by atoms with E-state index in [2.05, 4.69) is 0 Å². The van der Waals surface area contributed by atoms with Crippen molar-refractivity contribution in [2.75, 3.05) is 18.8 Å². The van der Waals surface area contributed by atoms with Crippen LogP contribution < -0.4 is 0 Å². The van der Waals surface area contributed by atoms with Gasteiger partial charge in [0, 0.05) is 19.5 Å². The zero-order chi connectivity index (χ0) is 14.7. The number of carboxylic acid groups (broad SMARTS) is 1. The Labute approximate surface area is 116 Å². The van der Waals surface area contributed by atoms with Crippen LogP contribution in [0.5, 0.6) is 0 Å². The van der Waals surface area contributed by atoms with Crippen molar-refractivity contribution in [1.82, 2.24) is 4.31 Å². The van der Waals surface area contributed by atoms with Crippen LogP contribution in [0.4, 0.5) is 0 Å². The van der Waals surface area contributed by atoms with E-state index in [4.69, 9.17) is 5.11 Å². The Bertz CT molecular complexity index is 411. The molecule has 1 rings (SSSR count). The van der Waals surface area contributed by atoms with E-state index in [0.717, 1.165) is 12.8 Å². The predicted octanol–water partition coefficient (Wildman–Crippen LogP) is 1.94. The standard InChI is InChI=1S/C13H25NO4S/c1-13(2,3)10-19(17,18)14-8-4-5-11(9-14)6-7-12(15)16/h11H,4-10H2,1-3H3,(H,15,16). The molecular weight excluding hydrogens is 266 g/mol. The highest BCUT2D eigenvalue weighted by Gasteiger charge is 2.32. The van der Waals surface area contributed by atoms with Gasteiger partial charge in [0.1, 0.15) is 0 Å². The highest BCUT2D eigenvalue weighted by Crippen LogP contribution is 2.26. The first kappa shape index (κ1) is 16.4. The SMILES string of the molecule is CC(C)(C)CS(=O)(=O)N1CCCC(CCC(=O)O)C1. The monoisotopic (exact) mass is 291 g/mol. The molecule has 1 N–H and O–H groups in total. The summed E-state index contributed by atoms with van der Waals surface area (Å²) in [6, 6.07) is 0.